The van der Waals surface area contributed by atoms with E-state index in [1.54, 1.807) is 66.7 Å². The molecule has 0 saturated heterocycles. The Balaban J connectivity index is 1.28. The molecule has 1 aliphatic heterocycles. The molecule has 0 spiro atoms. The standard InChI is InChI=1S/C27H18ClN3O5/c28-18-11-12-21(22(14-18)30-25(33)23-6-3-13-36-23)29-24(32)17-9-7-16(8-10-17)15-31-26(34)19-4-1-2-5-20(19)27(31)35/h1-14H,15H2,(H,29,32)(H,30,33). The lowest BCUT2D eigenvalue weighted by Gasteiger charge is -2.15. The summed E-state index contributed by atoms with van der Waals surface area (Å²) in [5.74, 6) is -1.48. The average molecular weight is 500 g/mol. The number of furan rings is 1. The molecular formula is C27H18ClN3O5. The first-order chi connectivity index (χ1) is 17.4. The second-order valence-electron chi connectivity index (χ2n) is 8.01. The van der Waals surface area contributed by atoms with Crippen LogP contribution in [0.5, 0.6) is 0 Å². The fraction of sp³-hybridized carbons (Fsp3) is 0.0370. The highest BCUT2D eigenvalue weighted by atomic mass is 35.5. The lowest BCUT2D eigenvalue weighted by atomic mass is 10.1. The molecule has 36 heavy (non-hydrogen) atoms. The number of carbonyl (C=O) groups excluding carboxylic acids is 4. The summed E-state index contributed by atoms with van der Waals surface area (Å²) in [6, 6.07) is 21.0. The third-order valence-corrected chi connectivity index (χ3v) is 5.89. The van der Waals surface area contributed by atoms with E-state index in [9.17, 15) is 19.2 Å². The van der Waals surface area contributed by atoms with E-state index in [2.05, 4.69) is 10.6 Å². The summed E-state index contributed by atoms with van der Waals surface area (Å²) >= 11 is 6.08. The van der Waals surface area contributed by atoms with Gasteiger partial charge in [0.05, 0.1) is 35.3 Å². The Kier molecular flexibility index (Phi) is 6.10. The fourth-order valence-corrected chi connectivity index (χ4v) is 4.01. The van der Waals surface area contributed by atoms with Crippen molar-refractivity contribution < 1.29 is 23.6 Å². The number of hydrogen-bond acceptors (Lipinski definition) is 5. The average Bonchev–Trinajstić information content (AvgIpc) is 3.50. The Morgan fingerprint density at radius 1 is 0.778 bits per heavy atom. The minimum absolute atomic E-state index is 0.0917. The largest absolute Gasteiger partial charge is 0.459 e. The maximum absolute atomic E-state index is 12.9. The minimum Gasteiger partial charge on any atom is -0.459 e. The van der Waals surface area contributed by atoms with E-state index in [1.165, 1.54) is 23.3 Å². The van der Waals surface area contributed by atoms with Crippen LogP contribution in [0.1, 0.15) is 47.2 Å². The van der Waals surface area contributed by atoms with Gasteiger partial charge in [0, 0.05) is 10.6 Å². The lowest BCUT2D eigenvalue weighted by molar-refractivity contribution is 0.0641. The van der Waals surface area contributed by atoms with Gasteiger partial charge < -0.3 is 15.1 Å². The lowest BCUT2D eigenvalue weighted by Crippen LogP contribution is -2.29. The van der Waals surface area contributed by atoms with Crippen LogP contribution in [0.3, 0.4) is 0 Å². The highest BCUT2D eigenvalue weighted by molar-refractivity contribution is 6.31. The van der Waals surface area contributed by atoms with Crippen molar-refractivity contribution in [1.82, 2.24) is 4.90 Å². The zero-order valence-electron chi connectivity index (χ0n) is 18.7. The van der Waals surface area contributed by atoms with Crippen molar-refractivity contribution in [3.8, 4) is 0 Å². The molecule has 0 atom stereocenters. The van der Waals surface area contributed by atoms with Gasteiger partial charge in [-0.2, -0.15) is 0 Å². The van der Waals surface area contributed by atoms with Crippen molar-refractivity contribution in [3.05, 3.63) is 118 Å². The predicted molar refractivity (Wildman–Crippen MR) is 133 cm³/mol. The first-order valence-corrected chi connectivity index (χ1v) is 11.3. The Bertz CT molecular complexity index is 1460. The van der Waals surface area contributed by atoms with Crippen LogP contribution in [0, 0.1) is 0 Å². The van der Waals surface area contributed by atoms with Crippen molar-refractivity contribution in [1.29, 1.82) is 0 Å². The number of nitrogens with zero attached hydrogens (tertiary/aromatic N) is 1. The highest BCUT2D eigenvalue weighted by Gasteiger charge is 2.34. The second kappa shape index (κ2) is 9.52. The topological polar surface area (TPSA) is 109 Å². The van der Waals surface area contributed by atoms with Crippen LogP contribution in [0.2, 0.25) is 5.02 Å². The van der Waals surface area contributed by atoms with Crippen molar-refractivity contribution in [2.45, 2.75) is 6.54 Å². The van der Waals surface area contributed by atoms with Gasteiger partial charge in [0.25, 0.3) is 23.6 Å². The third-order valence-electron chi connectivity index (χ3n) is 5.66. The van der Waals surface area contributed by atoms with Gasteiger partial charge in [-0.05, 0) is 60.2 Å². The normalized spacial score (nSPS) is 12.4. The first kappa shape index (κ1) is 23.1. The summed E-state index contributed by atoms with van der Waals surface area (Å²) in [5.41, 5.74) is 2.46. The van der Waals surface area contributed by atoms with E-state index in [4.69, 9.17) is 16.0 Å². The Morgan fingerprint density at radius 2 is 1.44 bits per heavy atom. The molecule has 9 heteroatoms. The van der Waals surface area contributed by atoms with Gasteiger partial charge in [-0.3, -0.25) is 24.1 Å². The maximum Gasteiger partial charge on any atom is 0.291 e. The molecule has 0 fully saturated rings. The number of benzene rings is 3. The summed E-state index contributed by atoms with van der Waals surface area (Å²) in [7, 11) is 0. The number of fused-ring (bicyclic) bond motifs is 1. The second-order valence-corrected chi connectivity index (χ2v) is 8.45. The van der Waals surface area contributed by atoms with Crippen molar-refractivity contribution >= 4 is 46.6 Å². The van der Waals surface area contributed by atoms with E-state index in [-0.39, 0.29) is 24.1 Å². The molecule has 0 aliphatic carbocycles. The number of imide groups is 1. The van der Waals surface area contributed by atoms with Gasteiger partial charge in [-0.1, -0.05) is 35.9 Å². The summed E-state index contributed by atoms with van der Waals surface area (Å²) in [6.07, 6.45) is 1.38. The monoisotopic (exact) mass is 499 g/mol. The quantitative estimate of drug-likeness (QED) is 0.353. The van der Waals surface area contributed by atoms with Gasteiger partial charge in [0.15, 0.2) is 5.76 Å². The number of nitrogens with one attached hydrogen (secondary N) is 2. The summed E-state index contributed by atoms with van der Waals surface area (Å²) in [4.78, 5) is 51.6. The summed E-state index contributed by atoms with van der Waals surface area (Å²) in [5, 5.41) is 5.81. The van der Waals surface area contributed by atoms with Crippen LogP contribution in [0.25, 0.3) is 0 Å². The molecule has 0 unspecified atom stereocenters. The zero-order valence-corrected chi connectivity index (χ0v) is 19.4. The molecule has 5 rings (SSSR count). The minimum atomic E-state index is -0.490. The number of amides is 4. The van der Waals surface area contributed by atoms with Gasteiger partial charge in [0.2, 0.25) is 0 Å². The molecule has 1 aliphatic rings. The number of anilines is 2. The van der Waals surface area contributed by atoms with Crippen molar-refractivity contribution in [2.75, 3.05) is 10.6 Å². The number of halogens is 1. The Labute approximate surface area is 210 Å². The number of rotatable bonds is 6. The smallest absolute Gasteiger partial charge is 0.291 e. The van der Waals surface area contributed by atoms with E-state index < -0.39 is 11.8 Å². The Hall–Kier alpha value is -4.69. The van der Waals surface area contributed by atoms with Gasteiger partial charge in [-0.25, -0.2) is 0 Å². The first-order valence-electron chi connectivity index (χ1n) is 10.9. The molecule has 4 aromatic rings. The summed E-state index contributed by atoms with van der Waals surface area (Å²) < 4.78 is 5.10. The Morgan fingerprint density at radius 3 is 2.08 bits per heavy atom. The van der Waals surface area contributed by atoms with E-state index >= 15 is 0 Å². The molecule has 8 nitrogen and oxygen atoms in total. The van der Waals surface area contributed by atoms with Crippen molar-refractivity contribution in [2.24, 2.45) is 0 Å². The van der Waals surface area contributed by atoms with Gasteiger partial charge in [0.1, 0.15) is 0 Å². The number of carbonyl (C=O) groups is 4. The van der Waals surface area contributed by atoms with Crippen LogP contribution in [-0.2, 0) is 6.54 Å². The molecule has 2 N–H and O–H groups in total. The van der Waals surface area contributed by atoms with Crippen LogP contribution in [0.4, 0.5) is 11.4 Å². The fourth-order valence-electron chi connectivity index (χ4n) is 3.84. The molecule has 0 saturated carbocycles. The molecule has 178 valence electrons. The van der Waals surface area contributed by atoms with E-state index in [1.807, 2.05) is 0 Å². The van der Waals surface area contributed by atoms with E-state index in [0.29, 0.717) is 38.7 Å². The molecule has 1 aromatic heterocycles. The summed E-state index contributed by atoms with van der Waals surface area (Å²) in [6.45, 7) is 0.0917. The molecule has 4 amide bonds. The molecule has 2 heterocycles. The molecule has 0 bridgehead atoms. The SMILES string of the molecule is O=C(Nc1ccc(Cl)cc1NC(=O)c1ccco1)c1ccc(CN2C(=O)c3ccccc3C2=O)cc1. The molecule has 3 aromatic carbocycles. The number of hydrogen-bond donors (Lipinski definition) is 2. The highest BCUT2D eigenvalue weighted by Crippen LogP contribution is 2.28. The van der Waals surface area contributed by atoms with Crippen LogP contribution < -0.4 is 10.6 Å². The van der Waals surface area contributed by atoms with Gasteiger partial charge in [-0.15, -0.1) is 0 Å². The zero-order chi connectivity index (χ0) is 25.2. The predicted octanol–water partition coefficient (Wildman–Crippen LogP) is 5.23. The van der Waals surface area contributed by atoms with Crippen molar-refractivity contribution in [3.63, 3.8) is 0 Å². The van der Waals surface area contributed by atoms with Crippen LogP contribution in [0.15, 0.2) is 89.5 Å². The molecule has 0 radical (unpaired) electrons. The third kappa shape index (κ3) is 4.49. The maximum atomic E-state index is 12.9. The van der Waals surface area contributed by atoms with Gasteiger partial charge >= 0.3 is 0 Å². The van der Waals surface area contributed by atoms with Crippen LogP contribution in [-0.4, -0.2) is 28.5 Å². The van der Waals surface area contributed by atoms with Crippen LogP contribution >= 0.6 is 11.6 Å². The van der Waals surface area contributed by atoms with E-state index in [0.717, 1.165) is 0 Å². The molecular weight excluding hydrogens is 482 g/mol.